The van der Waals surface area contributed by atoms with Gasteiger partial charge < -0.3 is 0 Å². The fourth-order valence-electron chi connectivity index (χ4n) is 3.07. The summed E-state index contributed by atoms with van der Waals surface area (Å²) in [6.07, 6.45) is 3.48. The normalized spacial score (nSPS) is 15.7. The number of hydrogen-bond donors (Lipinski definition) is 1. The molecule has 1 aliphatic rings. The molecule has 1 amide bonds. The molecule has 3 rings (SSSR count). The minimum atomic E-state index is -3.72. The van der Waals surface area contributed by atoms with E-state index in [0.717, 1.165) is 36.3 Å². The number of anilines is 1. The fraction of sp³-hybridized carbons (Fsp3) is 0.444. The van der Waals surface area contributed by atoms with Crippen molar-refractivity contribution in [3.05, 3.63) is 39.4 Å². The van der Waals surface area contributed by atoms with Gasteiger partial charge in [0.25, 0.3) is 5.91 Å². The number of halogens is 1. The number of amides is 1. The molecular formula is C18H22ClN3O3S2. The van der Waals surface area contributed by atoms with Crippen molar-refractivity contribution in [1.29, 1.82) is 0 Å². The van der Waals surface area contributed by atoms with Crippen molar-refractivity contribution in [2.24, 2.45) is 0 Å². The van der Waals surface area contributed by atoms with Crippen LogP contribution in [0.25, 0.3) is 0 Å². The smallest absolute Gasteiger partial charge is 0.257 e. The van der Waals surface area contributed by atoms with Crippen molar-refractivity contribution in [3.63, 3.8) is 0 Å². The lowest BCUT2D eigenvalue weighted by atomic mass is 10.2. The molecule has 1 aromatic heterocycles. The molecule has 0 unspecified atom stereocenters. The van der Waals surface area contributed by atoms with Crippen molar-refractivity contribution in [1.82, 2.24) is 9.29 Å². The Hall–Kier alpha value is -1.48. The van der Waals surface area contributed by atoms with Gasteiger partial charge in [-0.15, -0.1) is 11.3 Å². The predicted molar refractivity (Wildman–Crippen MR) is 108 cm³/mol. The first-order valence-corrected chi connectivity index (χ1v) is 11.5. The maximum Gasteiger partial charge on any atom is 0.257 e. The topological polar surface area (TPSA) is 79.4 Å². The molecule has 1 aliphatic heterocycles. The molecule has 1 N–H and O–H groups in total. The number of aromatic nitrogens is 1. The Labute approximate surface area is 168 Å². The van der Waals surface area contributed by atoms with Gasteiger partial charge in [0.2, 0.25) is 10.0 Å². The number of thiazole rings is 1. The summed E-state index contributed by atoms with van der Waals surface area (Å²) in [6.45, 7) is 4.92. The molecule has 0 radical (unpaired) electrons. The van der Waals surface area contributed by atoms with Gasteiger partial charge in [0.05, 0.1) is 10.7 Å². The molecule has 1 saturated heterocycles. The summed E-state index contributed by atoms with van der Waals surface area (Å²) in [5.41, 5.74) is 1.18. The number of sulfonamides is 1. The van der Waals surface area contributed by atoms with Crippen molar-refractivity contribution in [3.8, 4) is 0 Å². The van der Waals surface area contributed by atoms with Gasteiger partial charge in [0, 0.05) is 23.5 Å². The Morgan fingerprint density at radius 2 is 2.00 bits per heavy atom. The minimum Gasteiger partial charge on any atom is -0.298 e. The molecule has 2 heterocycles. The lowest BCUT2D eigenvalue weighted by Crippen LogP contribution is -2.35. The highest BCUT2D eigenvalue weighted by Crippen LogP contribution is 2.29. The summed E-state index contributed by atoms with van der Waals surface area (Å²) in [4.78, 5) is 18.0. The van der Waals surface area contributed by atoms with Gasteiger partial charge in [-0.25, -0.2) is 13.4 Å². The second-order valence-corrected chi connectivity index (χ2v) is 9.96. The Morgan fingerprint density at radius 1 is 1.30 bits per heavy atom. The number of carbonyl (C=O) groups excluding carboxylic acids is 1. The summed E-state index contributed by atoms with van der Waals surface area (Å²) in [5, 5.41) is 3.37. The number of hydrogen-bond acceptors (Lipinski definition) is 5. The molecule has 0 atom stereocenters. The van der Waals surface area contributed by atoms with Crippen molar-refractivity contribution < 1.29 is 13.2 Å². The van der Waals surface area contributed by atoms with E-state index >= 15 is 0 Å². The van der Waals surface area contributed by atoms with Gasteiger partial charge in [-0.2, -0.15) is 4.31 Å². The molecule has 27 heavy (non-hydrogen) atoms. The van der Waals surface area contributed by atoms with E-state index in [4.69, 9.17) is 11.6 Å². The predicted octanol–water partition coefficient (Wildman–Crippen LogP) is 4.09. The van der Waals surface area contributed by atoms with E-state index in [1.807, 2.05) is 13.8 Å². The largest absolute Gasteiger partial charge is 0.298 e. The zero-order valence-electron chi connectivity index (χ0n) is 15.3. The second kappa shape index (κ2) is 8.26. The number of carbonyl (C=O) groups is 1. The van der Waals surface area contributed by atoms with Gasteiger partial charge in [0.1, 0.15) is 4.90 Å². The third-order valence-corrected chi connectivity index (χ3v) is 7.88. The maximum absolute atomic E-state index is 12.9. The number of rotatable bonds is 5. The molecule has 0 saturated carbocycles. The van der Waals surface area contributed by atoms with Crippen LogP contribution in [0.15, 0.2) is 23.1 Å². The first-order valence-electron chi connectivity index (χ1n) is 8.90. The second-order valence-electron chi connectivity index (χ2n) is 6.44. The number of benzene rings is 1. The molecule has 6 nitrogen and oxygen atoms in total. The molecular weight excluding hydrogens is 406 g/mol. The van der Waals surface area contributed by atoms with Crippen LogP contribution >= 0.6 is 22.9 Å². The van der Waals surface area contributed by atoms with Crippen molar-refractivity contribution >= 4 is 44.0 Å². The Kier molecular flexibility index (Phi) is 6.20. The van der Waals surface area contributed by atoms with Crippen LogP contribution in [0.2, 0.25) is 5.02 Å². The summed E-state index contributed by atoms with van der Waals surface area (Å²) in [7, 11) is -3.72. The van der Waals surface area contributed by atoms with Crippen molar-refractivity contribution in [2.75, 3.05) is 18.4 Å². The van der Waals surface area contributed by atoms with Crippen LogP contribution in [0.5, 0.6) is 0 Å². The number of nitrogens with zero attached hydrogens (tertiary/aromatic N) is 2. The molecule has 9 heteroatoms. The van der Waals surface area contributed by atoms with Crippen LogP contribution in [0.3, 0.4) is 0 Å². The minimum absolute atomic E-state index is 0.0247. The fourth-order valence-corrected chi connectivity index (χ4v) is 5.98. The van der Waals surface area contributed by atoms with E-state index in [1.165, 1.54) is 33.8 Å². The quantitative estimate of drug-likeness (QED) is 0.779. The SMILES string of the molecule is CCc1nc(NC(=O)c2ccc(Cl)c(S(=O)(=O)N3CCCCC3)c2)sc1C. The molecule has 146 valence electrons. The van der Waals surface area contributed by atoms with Crippen LogP contribution in [0.4, 0.5) is 5.13 Å². The van der Waals surface area contributed by atoms with E-state index in [-0.39, 0.29) is 15.5 Å². The van der Waals surface area contributed by atoms with Gasteiger partial charge in [0.15, 0.2) is 5.13 Å². The molecule has 2 aromatic rings. The number of piperidine rings is 1. The summed E-state index contributed by atoms with van der Waals surface area (Å²) in [6, 6.07) is 4.33. The molecule has 1 aromatic carbocycles. The molecule has 0 aliphatic carbocycles. The van der Waals surface area contributed by atoms with Crippen molar-refractivity contribution in [2.45, 2.75) is 44.4 Å². The van der Waals surface area contributed by atoms with Gasteiger partial charge in [-0.3, -0.25) is 10.1 Å². The zero-order chi connectivity index (χ0) is 19.6. The lowest BCUT2D eigenvalue weighted by molar-refractivity contribution is 0.102. The van der Waals surface area contributed by atoms with Crippen LogP contribution in [0.1, 0.15) is 47.1 Å². The van der Waals surface area contributed by atoms with Crippen LogP contribution < -0.4 is 5.32 Å². The van der Waals surface area contributed by atoms with Gasteiger partial charge in [-0.05, 0) is 44.4 Å². The average molecular weight is 428 g/mol. The Morgan fingerprint density at radius 3 is 2.63 bits per heavy atom. The first kappa shape index (κ1) is 20.3. The monoisotopic (exact) mass is 427 g/mol. The van der Waals surface area contributed by atoms with Gasteiger partial charge >= 0.3 is 0 Å². The summed E-state index contributed by atoms with van der Waals surface area (Å²) >= 11 is 7.56. The highest BCUT2D eigenvalue weighted by Gasteiger charge is 2.28. The summed E-state index contributed by atoms with van der Waals surface area (Å²) < 4.78 is 27.3. The van der Waals surface area contributed by atoms with E-state index in [0.29, 0.717) is 18.2 Å². The molecule has 0 spiro atoms. The zero-order valence-corrected chi connectivity index (χ0v) is 17.7. The average Bonchev–Trinajstić information content (AvgIpc) is 3.01. The van der Waals surface area contributed by atoms with Crippen LogP contribution in [-0.4, -0.2) is 36.7 Å². The third kappa shape index (κ3) is 4.34. The van der Waals surface area contributed by atoms with Gasteiger partial charge in [-0.1, -0.05) is 24.9 Å². The van der Waals surface area contributed by atoms with E-state index in [9.17, 15) is 13.2 Å². The van der Waals surface area contributed by atoms with E-state index < -0.39 is 15.9 Å². The summed E-state index contributed by atoms with van der Waals surface area (Å²) in [5.74, 6) is -0.404. The molecule has 1 fully saturated rings. The Bertz CT molecular complexity index is 951. The highest BCUT2D eigenvalue weighted by atomic mass is 35.5. The third-order valence-electron chi connectivity index (χ3n) is 4.57. The van der Waals surface area contributed by atoms with Crippen LogP contribution in [0, 0.1) is 6.92 Å². The standard InChI is InChI=1S/C18H22ClN3O3S2/c1-3-15-12(2)26-18(20-15)21-17(23)13-7-8-14(19)16(11-13)27(24,25)22-9-5-4-6-10-22/h7-8,11H,3-6,9-10H2,1-2H3,(H,20,21,23). The number of nitrogens with one attached hydrogen (secondary N) is 1. The molecule has 0 bridgehead atoms. The van der Waals surface area contributed by atoms with Crippen LogP contribution in [-0.2, 0) is 16.4 Å². The lowest BCUT2D eigenvalue weighted by Gasteiger charge is -2.26. The van der Waals surface area contributed by atoms with E-state index in [2.05, 4.69) is 10.3 Å². The first-order chi connectivity index (χ1) is 12.8. The van der Waals surface area contributed by atoms with E-state index in [1.54, 1.807) is 0 Å². The highest BCUT2D eigenvalue weighted by molar-refractivity contribution is 7.89. The Balaban J connectivity index is 1.86. The number of aryl methyl sites for hydroxylation is 2. The maximum atomic E-state index is 12.9.